The third-order valence-corrected chi connectivity index (χ3v) is 3.49. The number of hydrogen-bond acceptors (Lipinski definition) is 4. The molecule has 7 heteroatoms. The number of rotatable bonds is 2. The highest BCUT2D eigenvalue weighted by Crippen LogP contribution is 2.35. The predicted octanol–water partition coefficient (Wildman–Crippen LogP) is 2.78. The van der Waals surface area contributed by atoms with Gasteiger partial charge in [-0.05, 0) is 19.1 Å². The maximum Gasteiger partial charge on any atom is 0.171 e. The molecule has 0 radical (unpaired) electrons. The second-order valence-corrected chi connectivity index (χ2v) is 4.83. The lowest BCUT2D eigenvalue weighted by atomic mass is 10.1. The van der Waals surface area contributed by atoms with Crippen molar-refractivity contribution in [2.24, 2.45) is 18.0 Å². The highest BCUT2D eigenvalue weighted by atomic mass is 35.5. The molecule has 0 bridgehead atoms. The van der Waals surface area contributed by atoms with Crippen LogP contribution < -0.4 is 5.84 Å². The second-order valence-electron chi connectivity index (χ2n) is 4.01. The first-order valence-electron chi connectivity index (χ1n) is 5.42. The molecule has 0 spiro atoms. The Bertz CT molecular complexity index is 664. The first-order chi connectivity index (χ1) is 8.95. The fourth-order valence-electron chi connectivity index (χ4n) is 1.78. The third-order valence-electron chi connectivity index (χ3n) is 2.75. The summed E-state index contributed by atoms with van der Waals surface area (Å²) in [5.41, 5.74) is 2.01. The second kappa shape index (κ2) is 5.11. The Morgan fingerprint density at radius 2 is 2.05 bits per heavy atom. The molecule has 0 aliphatic carbocycles. The minimum Gasteiger partial charge on any atom is -0.504 e. The molecule has 2 aromatic rings. The Labute approximate surface area is 120 Å². The summed E-state index contributed by atoms with van der Waals surface area (Å²) in [6.45, 7) is 1.67. The van der Waals surface area contributed by atoms with Gasteiger partial charge in [-0.1, -0.05) is 29.3 Å². The van der Waals surface area contributed by atoms with Gasteiger partial charge in [-0.3, -0.25) is 4.68 Å². The van der Waals surface area contributed by atoms with Crippen molar-refractivity contribution in [2.75, 3.05) is 0 Å². The van der Waals surface area contributed by atoms with Crippen molar-refractivity contribution in [1.29, 1.82) is 0 Å². The lowest BCUT2D eigenvalue weighted by Crippen LogP contribution is -2.01. The molecule has 100 valence electrons. The molecule has 0 atom stereocenters. The van der Waals surface area contributed by atoms with Crippen LogP contribution in [0.15, 0.2) is 23.3 Å². The molecule has 2 rings (SSSR count). The van der Waals surface area contributed by atoms with Gasteiger partial charge in [0.25, 0.3) is 0 Å². The molecular formula is C12H12Cl2N4O. The Balaban J connectivity index is 2.63. The standard InChI is InChI=1S/C12H12Cl2N4O/c1-6(16-15)10-12(19)11(18(2)17-10)7-3-4-8(13)9(14)5-7/h3-5,19H,15H2,1-2H3/b16-6+. The summed E-state index contributed by atoms with van der Waals surface area (Å²) in [7, 11) is 1.71. The molecular weight excluding hydrogens is 287 g/mol. The zero-order valence-electron chi connectivity index (χ0n) is 10.4. The predicted molar refractivity (Wildman–Crippen MR) is 76.7 cm³/mol. The molecule has 0 fully saturated rings. The van der Waals surface area contributed by atoms with Crippen LogP contribution in [-0.2, 0) is 7.05 Å². The smallest absolute Gasteiger partial charge is 0.171 e. The number of aromatic hydroxyl groups is 1. The van der Waals surface area contributed by atoms with Crippen LogP contribution in [0.3, 0.4) is 0 Å². The molecule has 19 heavy (non-hydrogen) atoms. The van der Waals surface area contributed by atoms with Crippen molar-refractivity contribution in [3.63, 3.8) is 0 Å². The molecule has 0 aliphatic rings. The molecule has 1 aromatic heterocycles. The highest BCUT2D eigenvalue weighted by Gasteiger charge is 2.19. The molecule has 0 unspecified atom stereocenters. The van der Waals surface area contributed by atoms with Gasteiger partial charge >= 0.3 is 0 Å². The Hall–Kier alpha value is -1.72. The zero-order chi connectivity index (χ0) is 14.2. The van der Waals surface area contributed by atoms with Crippen LogP contribution in [0.5, 0.6) is 5.75 Å². The summed E-state index contributed by atoms with van der Waals surface area (Å²) in [6.07, 6.45) is 0. The number of aryl methyl sites for hydroxylation is 1. The van der Waals surface area contributed by atoms with Crippen LogP contribution in [0.1, 0.15) is 12.6 Å². The summed E-state index contributed by atoms with van der Waals surface area (Å²) < 4.78 is 1.54. The summed E-state index contributed by atoms with van der Waals surface area (Å²) in [4.78, 5) is 0. The van der Waals surface area contributed by atoms with E-state index >= 15 is 0 Å². The normalized spacial score (nSPS) is 11.9. The molecule has 5 nitrogen and oxygen atoms in total. The van der Waals surface area contributed by atoms with E-state index in [0.717, 1.165) is 0 Å². The van der Waals surface area contributed by atoms with Gasteiger partial charge in [0.2, 0.25) is 0 Å². The van der Waals surface area contributed by atoms with Crippen LogP contribution in [-0.4, -0.2) is 20.6 Å². The van der Waals surface area contributed by atoms with E-state index in [1.54, 1.807) is 36.9 Å². The highest BCUT2D eigenvalue weighted by molar-refractivity contribution is 6.42. The van der Waals surface area contributed by atoms with Gasteiger partial charge in [0, 0.05) is 12.6 Å². The molecule has 1 aromatic carbocycles. The van der Waals surface area contributed by atoms with Crippen molar-refractivity contribution in [1.82, 2.24) is 9.78 Å². The maximum atomic E-state index is 10.2. The van der Waals surface area contributed by atoms with Crippen LogP contribution in [0, 0.1) is 0 Å². The van der Waals surface area contributed by atoms with Gasteiger partial charge in [0.05, 0.1) is 15.8 Å². The SMILES string of the molecule is C/C(=N\N)c1nn(C)c(-c2ccc(Cl)c(Cl)c2)c1O. The van der Waals surface area contributed by atoms with Gasteiger partial charge in [-0.15, -0.1) is 0 Å². The number of benzene rings is 1. The van der Waals surface area contributed by atoms with E-state index in [9.17, 15) is 5.11 Å². The van der Waals surface area contributed by atoms with Gasteiger partial charge in [-0.25, -0.2) is 0 Å². The number of aromatic nitrogens is 2. The fourth-order valence-corrected chi connectivity index (χ4v) is 2.08. The van der Waals surface area contributed by atoms with Gasteiger partial charge < -0.3 is 10.9 Å². The largest absolute Gasteiger partial charge is 0.504 e. The summed E-state index contributed by atoms with van der Waals surface area (Å²) in [5.74, 6) is 5.21. The average Bonchev–Trinajstić information content (AvgIpc) is 2.68. The summed E-state index contributed by atoms with van der Waals surface area (Å²) in [6, 6.07) is 5.08. The molecule has 0 amide bonds. The number of nitrogens with zero attached hydrogens (tertiary/aromatic N) is 3. The van der Waals surface area contributed by atoms with Crippen LogP contribution >= 0.6 is 23.2 Å². The van der Waals surface area contributed by atoms with Crippen LogP contribution in [0.25, 0.3) is 11.3 Å². The zero-order valence-corrected chi connectivity index (χ0v) is 11.9. The van der Waals surface area contributed by atoms with E-state index < -0.39 is 0 Å². The Morgan fingerprint density at radius 3 is 2.63 bits per heavy atom. The van der Waals surface area contributed by atoms with Crippen molar-refractivity contribution < 1.29 is 5.11 Å². The number of halogens is 2. The van der Waals surface area contributed by atoms with Crippen LogP contribution in [0.4, 0.5) is 0 Å². The monoisotopic (exact) mass is 298 g/mol. The lowest BCUT2D eigenvalue weighted by Gasteiger charge is -2.04. The van der Waals surface area contributed by atoms with Crippen molar-refractivity contribution >= 4 is 28.9 Å². The Morgan fingerprint density at radius 1 is 1.37 bits per heavy atom. The lowest BCUT2D eigenvalue weighted by molar-refractivity contribution is 0.475. The van der Waals surface area contributed by atoms with Gasteiger partial charge in [0.1, 0.15) is 5.69 Å². The van der Waals surface area contributed by atoms with E-state index in [1.807, 2.05) is 0 Å². The van der Waals surface area contributed by atoms with Crippen LogP contribution in [0.2, 0.25) is 10.0 Å². The molecule has 0 saturated heterocycles. The topological polar surface area (TPSA) is 76.4 Å². The van der Waals surface area contributed by atoms with Crippen molar-refractivity contribution in [2.45, 2.75) is 6.92 Å². The number of hydrazone groups is 1. The van der Waals surface area contributed by atoms with E-state index in [4.69, 9.17) is 29.0 Å². The van der Waals surface area contributed by atoms with E-state index in [2.05, 4.69) is 10.2 Å². The Kier molecular flexibility index (Phi) is 3.68. The van der Waals surface area contributed by atoms with E-state index in [-0.39, 0.29) is 5.75 Å². The molecule has 0 aliphatic heterocycles. The van der Waals surface area contributed by atoms with Gasteiger partial charge in [-0.2, -0.15) is 10.2 Å². The van der Waals surface area contributed by atoms with Crippen molar-refractivity contribution in [3.8, 4) is 17.0 Å². The summed E-state index contributed by atoms with van der Waals surface area (Å²) >= 11 is 11.9. The maximum absolute atomic E-state index is 10.2. The first-order valence-corrected chi connectivity index (χ1v) is 6.17. The number of nitrogens with two attached hydrogens (primary N) is 1. The minimum atomic E-state index is 0.00703. The molecule has 1 heterocycles. The van der Waals surface area contributed by atoms with Gasteiger partial charge in [0.15, 0.2) is 11.4 Å². The minimum absolute atomic E-state index is 0.00703. The number of hydrogen-bond donors (Lipinski definition) is 2. The quantitative estimate of drug-likeness (QED) is 0.508. The average molecular weight is 299 g/mol. The molecule has 0 saturated carbocycles. The van der Waals surface area contributed by atoms with E-state index in [0.29, 0.717) is 32.7 Å². The third kappa shape index (κ3) is 2.39. The van der Waals surface area contributed by atoms with Crippen molar-refractivity contribution in [3.05, 3.63) is 33.9 Å². The summed E-state index contributed by atoms with van der Waals surface area (Å²) in [5, 5.41) is 18.8. The van der Waals surface area contributed by atoms with E-state index in [1.165, 1.54) is 0 Å². The molecule has 3 N–H and O–H groups in total. The first kappa shape index (κ1) is 13.7. The fraction of sp³-hybridized carbons (Fsp3) is 0.167.